The third-order valence-electron chi connectivity index (χ3n) is 2.43. The minimum atomic E-state index is -0.653. The first-order valence-electron chi connectivity index (χ1n) is 5.25. The number of hydrogen-bond donors (Lipinski definition) is 0. The number of aromatic nitrogens is 1. The van der Waals surface area contributed by atoms with Gasteiger partial charge in [-0.3, -0.25) is 4.79 Å². The van der Waals surface area contributed by atoms with Crippen molar-refractivity contribution in [1.29, 1.82) is 0 Å². The van der Waals surface area contributed by atoms with Gasteiger partial charge in [0, 0.05) is 12.6 Å². The summed E-state index contributed by atoms with van der Waals surface area (Å²) < 4.78 is 26.4. The van der Waals surface area contributed by atoms with Gasteiger partial charge in [-0.1, -0.05) is 23.2 Å². The maximum atomic E-state index is 13.4. The van der Waals surface area contributed by atoms with Crippen LogP contribution in [0.25, 0.3) is 0 Å². The molecule has 0 aliphatic carbocycles. The summed E-state index contributed by atoms with van der Waals surface area (Å²) in [6.45, 7) is 0. The molecule has 0 saturated heterocycles. The van der Waals surface area contributed by atoms with E-state index in [4.69, 9.17) is 23.2 Å². The fourth-order valence-electron chi connectivity index (χ4n) is 1.56. The maximum Gasteiger partial charge on any atom is 0.187 e. The Morgan fingerprint density at radius 1 is 1.21 bits per heavy atom. The predicted molar refractivity (Wildman–Crippen MR) is 68.6 cm³/mol. The lowest BCUT2D eigenvalue weighted by atomic mass is 10.1. The molecule has 0 spiro atoms. The topological polar surface area (TPSA) is 30.0 Å². The highest BCUT2D eigenvalue weighted by molar-refractivity contribution is 6.36. The number of carbonyl (C=O) groups excluding carboxylic acids is 1. The molecule has 1 aromatic carbocycles. The summed E-state index contributed by atoms with van der Waals surface area (Å²) in [6, 6.07) is 4.29. The summed E-state index contributed by atoms with van der Waals surface area (Å²) in [5.41, 5.74) is -0.0625. The summed E-state index contributed by atoms with van der Waals surface area (Å²) in [6.07, 6.45) is 0.945. The Labute approximate surface area is 118 Å². The van der Waals surface area contributed by atoms with Crippen LogP contribution >= 0.6 is 23.2 Å². The Morgan fingerprint density at radius 2 is 1.95 bits per heavy atom. The van der Waals surface area contributed by atoms with Crippen LogP contribution in [0.5, 0.6) is 0 Å². The first-order chi connectivity index (χ1) is 8.97. The van der Waals surface area contributed by atoms with Crippen LogP contribution in [0.2, 0.25) is 10.0 Å². The Hall–Kier alpha value is -1.52. The van der Waals surface area contributed by atoms with E-state index in [9.17, 15) is 13.6 Å². The molecule has 6 heteroatoms. The van der Waals surface area contributed by atoms with E-state index in [0.717, 1.165) is 18.2 Å². The Bertz CT molecular complexity index is 647. The van der Waals surface area contributed by atoms with Crippen molar-refractivity contribution < 1.29 is 13.6 Å². The standard InChI is InChI=1S/C13H7Cl2F2NO/c14-8-5-10(15)13(18-6-8)12(19)4-7-3-9(16)1-2-11(7)17/h1-3,5-6H,4H2. The molecule has 0 unspecified atom stereocenters. The molecule has 0 amide bonds. The zero-order valence-electron chi connectivity index (χ0n) is 9.46. The van der Waals surface area contributed by atoms with Gasteiger partial charge in [-0.05, 0) is 29.8 Å². The summed E-state index contributed by atoms with van der Waals surface area (Å²) in [5.74, 6) is -1.77. The SMILES string of the molecule is O=C(Cc1cc(F)ccc1F)c1ncc(Cl)cc1Cl. The molecule has 19 heavy (non-hydrogen) atoms. The average molecular weight is 302 g/mol. The van der Waals surface area contributed by atoms with E-state index in [1.165, 1.54) is 12.3 Å². The average Bonchev–Trinajstić information content (AvgIpc) is 2.33. The molecular weight excluding hydrogens is 295 g/mol. The van der Waals surface area contributed by atoms with E-state index in [1.54, 1.807) is 0 Å². The zero-order chi connectivity index (χ0) is 14.0. The highest BCUT2D eigenvalue weighted by Crippen LogP contribution is 2.20. The highest BCUT2D eigenvalue weighted by atomic mass is 35.5. The zero-order valence-corrected chi connectivity index (χ0v) is 11.0. The normalized spacial score (nSPS) is 10.5. The fourth-order valence-corrected chi connectivity index (χ4v) is 2.04. The molecule has 2 nitrogen and oxygen atoms in total. The lowest BCUT2D eigenvalue weighted by Gasteiger charge is -2.04. The second-order valence-corrected chi connectivity index (χ2v) is 4.66. The van der Waals surface area contributed by atoms with Gasteiger partial charge >= 0.3 is 0 Å². The van der Waals surface area contributed by atoms with E-state index in [1.807, 2.05) is 0 Å². The van der Waals surface area contributed by atoms with E-state index in [-0.39, 0.29) is 22.7 Å². The number of ketones is 1. The minimum absolute atomic E-state index is 0.0188. The van der Waals surface area contributed by atoms with Crippen LogP contribution in [0, 0.1) is 11.6 Å². The molecule has 2 aromatic rings. The second-order valence-electron chi connectivity index (χ2n) is 3.82. The van der Waals surface area contributed by atoms with Gasteiger partial charge in [0.25, 0.3) is 0 Å². The van der Waals surface area contributed by atoms with Crippen LogP contribution in [0.15, 0.2) is 30.5 Å². The van der Waals surface area contributed by atoms with Gasteiger partial charge in [0.15, 0.2) is 5.78 Å². The highest BCUT2D eigenvalue weighted by Gasteiger charge is 2.15. The van der Waals surface area contributed by atoms with Crippen LogP contribution in [-0.2, 0) is 6.42 Å². The molecule has 0 fully saturated rings. The van der Waals surface area contributed by atoms with Crippen molar-refractivity contribution in [3.05, 3.63) is 63.4 Å². The van der Waals surface area contributed by atoms with Crippen molar-refractivity contribution in [3.8, 4) is 0 Å². The monoisotopic (exact) mass is 301 g/mol. The molecule has 0 saturated carbocycles. The number of nitrogens with zero attached hydrogens (tertiary/aromatic N) is 1. The van der Waals surface area contributed by atoms with Crippen LogP contribution in [0.4, 0.5) is 8.78 Å². The number of halogens is 4. The van der Waals surface area contributed by atoms with Crippen molar-refractivity contribution in [2.45, 2.75) is 6.42 Å². The molecule has 0 N–H and O–H groups in total. The largest absolute Gasteiger partial charge is 0.292 e. The maximum absolute atomic E-state index is 13.4. The molecule has 1 heterocycles. The fraction of sp³-hybridized carbons (Fsp3) is 0.0769. The van der Waals surface area contributed by atoms with Gasteiger partial charge in [0.2, 0.25) is 0 Å². The lowest BCUT2D eigenvalue weighted by Crippen LogP contribution is -2.08. The van der Waals surface area contributed by atoms with Crippen LogP contribution in [-0.4, -0.2) is 10.8 Å². The third-order valence-corrected chi connectivity index (χ3v) is 2.93. The van der Waals surface area contributed by atoms with Crippen LogP contribution < -0.4 is 0 Å². The Kier molecular flexibility index (Phi) is 4.12. The molecule has 1 aromatic heterocycles. The van der Waals surface area contributed by atoms with Gasteiger partial charge in [-0.2, -0.15) is 0 Å². The van der Waals surface area contributed by atoms with Crippen LogP contribution in [0.1, 0.15) is 16.1 Å². The third kappa shape index (κ3) is 3.28. The molecule has 0 aliphatic heterocycles. The van der Waals surface area contributed by atoms with Crippen molar-refractivity contribution in [1.82, 2.24) is 4.98 Å². The first-order valence-corrected chi connectivity index (χ1v) is 6.01. The van der Waals surface area contributed by atoms with E-state index >= 15 is 0 Å². The minimum Gasteiger partial charge on any atom is -0.292 e. The van der Waals surface area contributed by atoms with Gasteiger partial charge in [-0.25, -0.2) is 13.8 Å². The number of hydrogen-bond acceptors (Lipinski definition) is 2. The van der Waals surface area contributed by atoms with Gasteiger partial charge < -0.3 is 0 Å². The number of Topliss-reactive ketones (excluding diaryl/α,β-unsaturated/α-hetero) is 1. The van der Waals surface area contributed by atoms with Crippen molar-refractivity contribution >= 4 is 29.0 Å². The number of pyridine rings is 1. The number of carbonyl (C=O) groups is 1. The Balaban J connectivity index is 2.28. The second kappa shape index (κ2) is 5.63. The molecule has 98 valence electrons. The van der Waals surface area contributed by atoms with Crippen molar-refractivity contribution in [2.75, 3.05) is 0 Å². The first kappa shape index (κ1) is 13.9. The molecule has 2 rings (SSSR count). The molecule has 0 aliphatic rings. The quantitative estimate of drug-likeness (QED) is 0.799. The van der Waals surface area contributed by atoms with E-state index < -0.39 is 17.4 Å². The lowest BCUT2D eigenvalue weighted by molar-refractivity contribution is 0.0987. The summed E-state index contributed by atoms with van der Waals surface area (Å²) in [5, 5.41) is 0.368. The number of benzene rings is 1. The van der Waals surface area contributed by atoms with Crippen molar-refractivity contribution in [3.63, 3.8) is 0 Å². The smallest absolute Gasteiger partial charge is 0.187 e. The molecular formula is C13H7Cl2F2NO. The summed E-state index contributed by atoms with van der Waals surface area (Å²) >= 11 is 11.5. The van der Waals surface area contributed by atoms with Gasteiger partial charge in [0.05, 0.1) is 10.0 Å². The van der Waals surface area contributed by atoms with Gasteiger partial charge in [-0.15, -0.1) is 0 Å². The summed E-state index contributed by atoms with van der Waals surface area (Å²) in [4.78, 5) is 15.7. The summed E-state index contributed by atoms with van der Waals surface area (Å²) in [7, 11) is 0. The van der Waals surface area contributed by atoms with Gasteiger partial charge in [0.1, 0.15) is 17.3 Å². The van der Waals surface area contributed by atoms with Crippen LogP contribution in [0.3, 0.4) is 0 Å². The predicted octanol–water partition coefficient (Wildman–Crippen LogP) is 4.09. The molecule has 0 atom stereocenters. The molecule has 0 bridgehead atoms. The number of rotatable bonds is 3. The van der Waals surface area contributed by atoms with Crippen molar-refractivity contribution in [2.24, 2.45) is 0 Å². The van der Waals surface area contributed by atoms with E-state index in [0.29, 0.717) is 5.02 Å². The van der Waals surface area contributed by atoms with E-state index in [2.05, 4.69) is 4.98 Å². The Morgan fingerprint density at radius 3 is 2.63 bits per heavy atom. The molecule has 0 radical (unpaired) electrons.